The largest absolute Gasteiger partial charge is 0.312 e. The van der Waals surface area contributed by atoms with Crippen LogP contribution in [-0.4, -0.2) is 32.1 Å². The van der Waals surface area contributed by atoms with Gasteiger partial charge in [0.15, 0.2) is 0 Å². The molecule has 2 rings (SSSR count). The molecular weight excluding hydrogens is 196 g/mol. The maximum absolute atomic E-state index is 3.43. The Kier molecular flexibility index (Phi) is 3.97. The number of benzene rings is 1. The summed E-state index contributed by atoms with van der Waals surface area (Å²) < 4.78 is 0. The quantitative estimate of drug-likeness (QED) is 0.829. The van der Waals surface area contributed by atoms with E-state index in [0.29, 0.717) is 0 Å². The second-order valence-corrected chi connectivity index (χ2v) is 4.94. The highest BCUT2D eigenvalue weighted by Gasteiger charge is 2.08. The lowest BCUT2D eigenvalue weighted by molar-refractivity contribution is 0.400. The first-order chi connectivity index (χ1) is 7.75. The van der Waals surface area contributed by atoms with Crippen LogP contribution in [-0.2, 0) is 19.4 Å². The van der Waals surface area contributed by atoms with Crippen LogP contribution in [0.3, 0.4) is 0 Å². The molecular formula is C14H22N2. The fraction of sp³-hybridized carbons (Fsp3) is 0.571. The average molecular weight is 218 g/mol. The molecule has 1 heterocycles. The minimum atomic E-state index is 1.05. The third kappa shape index (κ3) is 3.06. The van der Waals surface area contributed by atoms with Crippen LogP contribution in [0.15, 0.2) is 18.2 Å². The number of hydrogen-bond donors (Lipinski definition) is 1. The number of nitrogens with one attached hydrogen (secondary N) is 1. The second-order valence-electron chi connectivity index (χ2n) is 4.94. The van der Waals surface area contributed by atoms with E-state index in [4.69, 9.17) is 0 Å². The highest BCUT2D eigenvalue weighted by molar-refractivity contribution is 5.33. The van der Waals surface area contributed by atoms with Gasteiger partial charge in [0, 0.05) is 6.54 Å². The van der Waals surface area contributed by atoms with Gasteiger partial charge in [0.05, 0.1) is 0 Å². The van der Waals surface area contributed by atoms with Gasteiger partial charge in [0.2, 0.25) is 0 Å². The topological polar surface area (TPSA) is 15.3 Å². The van der Waals surface area contributed by atoms with Gasteiger partial charge >= 0.3 is 0 Å². The summed E-state index contributed by atoms with van der Waals surface area (Å²) in [5.41, 5.74) is 4.54. The molecule has 0 aliphatic carbocycles. The molecule has 1 N–H and O–H groups in total. The third-order valence-corrected chi connectivity index (χ3v) is 3.23. The number of rotatable bonds is 4. The molecule has 0 bridgehead atoms. The molecule has 0 radical (unpaired) electrons. The molecule has 88 valence electrons. The van der Waals surface area contributed by atoms with E-state index in [1.165, 1.54) is 42.5 Å². The Hall–Kier alpha value is -0.860. The summed E-state index contributed by atoms with van der Waals surface area (Å²) in [5.74, 6) is 0. The van der Waals surface area contributed by atoms with Crippen molar-refractivity contribution in [3.8, 4) is 0 Å². The molecule has 0 saturated heterocycles. The molecule has 1 aliphatic heterocycles. The lowest BCUT2D eigenvalue weighted by Crippen LogP contribution is -2.23. The highest BCUT2D eigenvalue weighted by atomic mass is 15.0. The molecule has 0 aromatic heterocycles. The van der Waals surface area contributed by atoms with E-state index in [-0.39, 0.29) is 0 Å². The van der Waals surface area contributed by atoms with Gasteiger partial charge in [0.1, 0.15) is 0 Å². The maximum atomic E-state index is 3.43. The van der Waals surface area contributed by atoms with E-state index in [0.717, 1.165) is 13.1 Å². The summed E-state index contributed by atoms with van der Waals surface area (Å²) in [6, 6.07) is 7.01. The zero-order valence-electron chi connectivity index (χ0n) is 10.4. The Labute approximate surface area is 98.7 Å². The molecule has 1 aromatic carbocycles. The summed E-state index contributed by atoms with van der Waals surface area (Å²) in [4.78, 5) is 2.25. The first-order valence-corrected chi connectivity index (χ1v) is 6.22. The zero-order valence-corrected chi connectivity index (χ0v) is 10.4. The normalized spacial score (nSPS) is 15.2. The molecule has 2 heteroatoms. The lowest BCUT2D eigenvalue weighted by atomic mass is 9.97. The first-order valence-electron chi connectivity index (χ1n) is 6.22. The molecule has 0 saturated carbocycles. The number of fused-ring (bicyclic) bond motifs is 1. The predicted molar refractivity (Wildman–Crippen MR) is 68.7 cm³/mol. The van der Waals surface area contributed by atoms with Crippen LogP contribution in [0.25, 0.3) is 0 Å². The van der Waals surface area contributed by atoms with E-state index < -0.39 is 0 Å². The summed E-state index contributed by atoms with van der Waals surface area (Å²) in [5, 5.41) is 3.43. The SMILES string of the molecule is CN(C)CCCc1ccc2c(c1)CNCC2. The predicted octanol–water partition coefficient (Wildman–Crippen LogP) is 1.83. The molecule has 0 atom stereocenters. The van der Waals surface area contributed by atoms with Crippen molar-refractivity contribution in [2.75, 3.05) is 27.2 Å². The van der Waals surface area contributed by atoms with E-state index >= 15 is 0 Å². The van der Waals surface area contributed by atoms with Crippen LogP contribution in [0, 0.1) is 0 Å². The van der Waals surface area contributed by atoms with Gasteiger partial charge in [0.25, 0.3) is 0 Å². The Morgan fingerprint density at radius 3 is 2.94 bits per heavy atom. The van der Waals surface area contributed by atoms with Gasteiger partial charge in [-0.2, -0.15) is 0 Å². The number of aryl methyl sites for hydroxylation is 1. The second kappa shape index (κ2) is 5.46. The maximum Gasteiger partial charge on any atom is 0.0208 e. The van der Waals surface area contributed by atoms with Gasteiger partial charge < -0.3 is 10.2 Å². The standard InChI is InChI=1S/C14H22N2/c1-16(2)9-3-4-12-5-6-13-7-8-15-11-14(13)10-12/h5-6,10,15H,3-4,7-9,11H2,1-2H3. The molecule has 1 aliphatic rings. The first kappa shape index (κ1) is 11.6. The van der Waals surface area contributed by atoms with Crippen LogP contribution >= 0.6 is 0 Å². The monoisotopic (exact) mass is 218 g/mol. The molecule has 0 amide bonds. The minimum absolute atomic E-state index is 1.05. The zero-order chi connectivity index (χ0) is 11.4. The van der Waals surface area contributed by atoms with E-state index in [9.17, 15) is 0 Å². The van der Waals surface area contributed by atoms with E-state index in [1.807, 2.05) is 0 Å². The van der Waals surface area contributed by atoms with Gasteiger partial charge in [-0.05, 0) is 63.1 Å². The fourth-order valence-electron chi connectivity index (χ4n) is 2.29. The summed E-state index contributed by atoms with van der Waals surface area (Å²) in [6.07, 6.45) is 3.64. The van der Waals surface area contributed by atoms with Crippen LogP contribution in [0.1, 0.15) is 23.1 Å². The van der Waals surface area contributed by atoms with Crippen molar-refractivity contribution in [3.63, 3.8) is 0 Å². The summed E-state index contributed by atoms with van der Waals surface area (Å²) in [6.45, 7) is 3.36. The molecule has 2 nitrogen and oxygen atoms in total. The van der Waals surface area contributed by atoms with Crippen molar-refractivity contribution in [2.45, 2.75) is 25.8 Å². The van der Waals surface area contributed by atoms with Gasteiger partial charge in [-0.1, -0.05) is 18.2 Å². The Morgan fingerprint density at radius 2 is 2.12 bits per heavy atom. The van der Waals surface area contributed by atoms with Crippen LogP contribution in [0.2, 0.25) is 0 Å². The summed E-state index contributed by atoms with van der Waals surface area (Å²) >= 11 is 0. The lowest BCUT2D eigenvalue weighted by Gasteiger charge is -2.18. The molecule has 1 aromatic rings. The van der Waals surface area contributed by atoms with Crippen LogP contribution in [0.5, 0.6) is 0 Å². The Morgan fingerprint density at radius 1 is 1.25 bits per heavy atom. The van der Waals surface area contributed by atoms with Crippen molar-refractivity contribution in [1.82, 2.24) is 10.2 Å². The van der Waals surface area contributed by atoms with E-state index in [1.54, 1.807) is 0 Å². The van der Waals surface area contributed by atoms with Crippen molar-refractivity contribution >= 4 is 0 Å². The van der Waals surface area contributed by atoms with Crippen molar-refractivity contribution < 1.29 is 0 Å². The van der Waals surface area contributed by atoms with Gasteiger partial charge in [-0.3, -0.25) is 0 Å². The molecule has 0 unspecified atom stereocenters. The molecule has 0 fully saturated rings. The third-order valence-electron chi connectivity index (χ3n) is 3.23. The van der Waals surface area contributed by atoms with Crippen LogP contribution in [0.4, 0.5) is 0 Å². The highest BCUT2D eigenvalue weighted by Crippen LogP contribution is 2.16. The van der Waals surface area contributed by atoms with Gasteiger partial charge in [-0.15, -0.1) is 0 Å². The Balaban J connectivity index is 1.95. The van der Waals surface area contributed by atoms with E-state index in [2.05, 4.69) is 42.5 Å². The van der Waals surface area contributed by atoms with Crippen molar-refractivity contribution in [2.24, 2.45) is 0 Å². The van der Waals surface area contributed by atoms with Crippen molar-refractivity contribution in [3.05, 3.63) is 34.9 Å². The fourth-order valence-corrected chi connectivity index (χ4v) is 2.29. The minimum Gasteiger partial charge on any atom is -0.312 e. The smallest absolute Gasteiger partial charge is 0.0208 e. The van der Waals surface area contributed by atoms with Crippen molar-refractivity contribution in [1.29, 1.82) is 0 Å². The average Bonchev–Trinajstić information content (AvgIpc) is 2.28. The summed E-state index contributed by atoms with van der Waals surface area (Å²) in [7, 11) is 4.27. The molecule has 16 heavy (non-hydrogen) atoms. The molecule has 0 spiro atoms. The van der Waals surface area contributed by atoms with Crippen LogP contribution < -0.4 is 5.32 Å². The Bertz CT molecular complexity index is 345. The van der Waals surface area contributed by atoms with Gasteiger partial charge in [-0.25, -0.2) is 0 Å². The number of nitrogens with zero attached hydrogens (tertiary/aromatic N) is 1. The number of hydrogen-bond acceptors (Lipinski definition) is 2.